The summed E-state index contributed by atoms with van der Waals surface area (Å²) in [6, 6.07) is 10.7. The first-order chi connectivity index (χ1) is 12.5. The number of nitrogens with one attached hydrogen (secondary N) is 1. The van der Waals surface area contributed by atoms with E-state index in [0.717, 1.165) is 0 Å². The van der Waals surface area contributed by atoms with E-state index in [0.29, 0.717) is 11.5 Å². The highest BCUT2D eigenvalue weighted by molar-refractivity contribution is 6.31. The molecule has 26 heavy (non-hydrogen) atoms. The molecule has 0 saturated carbocycles. The van der Waals surface area contributed by atoms with Gasteiger partial charge in [0.25, 0.3) is 5.56 Å². The van der Waals surface area contributed by atoms with Crippen molar-refractivity contribution >= 4 is 17.5 Å². The van der Waals surface area contributed by atoms with Crippen molar-refractivity contribution in [1.29, 1.82) is 0 Å². The van der Waals surface area contributed by atoms with Gasteiger partial charge in [-0.3, -0.25) is 9.59 Å². The molecule has 0 aliphatic rings. The van der Waals surface area contributed by atoms with Crippen LogP contribution in [-0.2, 0) is 17.8 Å². The van der Waals surface area contributed by atoms with Crippen molar-refractivity contribution in [3.63, 3.8) is 0 Å². The fourth-order valence-electron chi connectivity index (χ4n) is 2.39. The number of furan rings is 1. The van der Waals surface area contributed by atoms with Crippen LogP contribution >= 0.6 is 11.6 Å². The zero-order valence-corrected chi connectivity index (χ0v) is 14.4. The first-order valence-electron chi connectivity index (χ1n) is 7.86. The molecular formula is C18H15ClFN3O3. The molecule has 8 heteroatoms. The molecule has 0 spiro atoms. The first-order valence-corrected chi connectivity index (χ1v) is 8.24. The highest BCUT2D eigenvalue weighted by Gasteiger charge is 2.12. The van der Waals surface area contributed by atoms with Crippen molar-refractivity contribution < 1.29 is 13.6 Å². The van der Waals surface area contributed by atoms with Crippen LogP contribution in [0.4, 0.5) is 4.39 Å². The minimum Gasteiger partial charge on any atom is -0.463 e. The molecule has 1 N–H and O–H groups in total. The summed E-state index contributed by atoms with van der Waals surface area (Å²) in [5, 5.41) is 7.03. The standard InChI is InChI=1S/C18H15ClFN3O3/c19-13-3-1-4-14(20)12(13)11-17(24)21-8-9-23-18(25)7-6-15(22-23)16-5-2-10-26-16/h1-7,10H,8-9,11H2,(H,21,24). The van der Waals surface area contributed by atoms with Gasteiger partial charge in [0.1, 0.15) is 11.5 Å². The Kier molecular flexibility index (Phi) is 5.48. The van der Waals surface area contributed by atoms with Crippen molar-refractivity contribution in [2.45, 2.75) is 13.0 Å². The van der Waals surface area contributed by atoms with Crippen molar-refractivity contribution in [3.8, 4) is 11.5 Å². The number of carbonyl (C=O) groups excluding carboxylic acids is 1. The molecule has 0 aliphatic heterocycles. The monoisotopic (exact) mass is 375 g/mol. The number of nitrogens with zero attached hydrogens (tertiary/aromatic N) is 2. The molecule has 0 aliphatic carbocycles. The minimum absolute atomic E-state index is 0.141. The lowest BCUT2D eigenvalue weighted by Gasteiger charge is -2.09. The highest BCUT2D eigenvalue weighted by atomic mass is 35.5. The molecule has 0 saturated heterocycles. The molecule has 3 aromatic rings. The van der Waals surface area contributed by atoms with E-state index in [9.17, 15) is 14.0 Å². The van der Waals surface area contributed by atoms with E-state index in [-0.39, 0.29) is 35.7 Å². The molecule has 1 amide bonds. The number of aromatic nitrogens is 2. The summed E-state index contributed by atoms with van der Waals surface area (Å²) in [6.07, 6.45) is 1.33. The van der Waals surface area contributed by atoms with Gasteiger partial charge in [-0.15, -0.1) is 0 Å². The molecule has 1 aromatic carbocycles. The predicted molar refractivity (Wildman–Crippen MR) is 94.3 cm³/mol. The Hall–Kier alpha value is -2.93. The number of rotatable bonds is 6. The normalized spacial score (nSPS) is 10.7. The van der Waals surface area contributed by atoms with Crippen LogP contribution in [0.3, 0.4) is 0 Å². The molecule has 0 unspecified atom stereocenters. The topological polar surface area (TPSA) is 77.1 Å². The fraction of sp³-hybridized carbons (Fsp3) is 0.167. The molecule has 134 valence electrons. The van der Waals surface area contributed by atoms with Crippen LogP contribution in [0.1, 0.15) is 5.56 Å². The number of amides is 1. The van der Waals surface area contributed by atoms with Gasteiger partial charge in [-0.25, -0.2) is 9.07 Å². The van der Waals surface area contributed by atoms with Crippen LogP contribution in [0.25, 0.3) is 11.5 Å². The van der Waals surface area contributed by atoms with E-state index in [1.54, 1.807) is 18.2 Å². The van der Waals surface area contributed by atoms with Gasteiger partial charge in [0.15, 0.2) is 5.76 Å². The van der Waals surface area contributed by atoms with E-state index in [1.807, 2.05) is 0 Å². The Bertz CT molecular complexity index is 950. The van der Waals surface area contributed by atoms with E-state index in [1.165, 1.54) is 35.2 Å². The van der Waals surface area contributed by atoms with Crippen molar-refractivity contribution in [2.24, 2.45) is 0 Å². The van der Waals surface area contributed by atoms with Crippen LogP contribution in [0, 0.1) is 5.82 Å². The van der Waals surface area contributed by atoms with E-state index in [4.69, 9.17) is 16.0 Å². The number of hydrogen-bond donors (Lipinski definition) is 1. The minimum atomic E-state index is -0.531. The molecular weight excluding hydrogens is 361 g/mol. The maximum Gasteiger partial charge on any atom is 0.266 e. The van der Waals surface area contributed by atoms with E-state index < -0.39 is 11.7 Å². The summed E-state index contributed by atoms with van der Waals surface area (Å²) in [5.74, 6) is -0.388. The third kappa shape index (κ3) is 4.18. The molecule has 0 radical (unpaired) electrons. The van der Waals surface area contributed by atoms with Gasteiger partial charge >= 0.3 is 0 Å². The summed E-state index contributed by atoms with van der Waals surface area (Å²) >= 11 is 5.91. The molecule has 6 nitrogen and oxygen atoms in total. The summed E-state index contributed by atoms with van der Waals surface area (Å²) in [6.45, 7) is 0.337. The Morgan fingerprint density at radius 3 is 2.81 bits per heavy atom. The second kappa shape index (κ2) is 7.97. The van der Waals surface area contributed by atoms with Crippen LogP contribution in [0.2, 0.25) is 5.02 Å². The quantitative estimate of drug-likeness (QED) is 0.718. The summed E-state index contributed by atoms with van der Waals surface area (Å²) in [4.78, 5) is 23.9. The lowest BCUT2D eigenvalue weighted by molar-refractivity contribution is -0.120. The van der Waals surface area contributed by atoms with Crippen molar-refractivity contribution in [1.82, 2.24) is 15.1 Å². The second-order valence-corrected chi connectivity index (χ2v) is 5.89. The zero-order chi connectivity index (χ0) is 18.5. The van der Waals surface area contributed by atoms with E-state index >= 15 is 0 Å². The summed E-state index contributed by atoms with van der Waals surface area (Å²) in [7, 11) is 0. The molecule has 0 atom stereocenters. The molecule has 0 fully saturated rings. The van der Waals surface area contributed by atoms with E-state index in [2.05, 4.69) is 10.4 Å². The van der Waals surface area contributed by atoms with Gasteiger partial charge in [0.2, 0.25) is 5.91 Å². The number of carbonyl (C=O) groups is 1. The van der Waals surface area contributed by atoms with Gasteiger partial charge in [0, 0.05) is 23.2 Å². The lowest BCUT2D eigenvalue weighted by Crippen LogP contribution is -2.32. The maximum absolute atomic E-state index is 13.7. The molecule has 2 aromatic heterocycles. The average Bonchev–Trinajstić information content (AvgIpc) is 3.14. The summed E-state index contributed by atoms with van der Waals surface area (Å²) < 4.78 is 20.2. The zero-order valence-electron chi connectivity index (χ0n) is 13.6. The van der Waals surface area contributed by atoms with Crippen molar-refractivity contribution in [2.75, 3.05) is 6.54 Å². The van der Waals surface area contributed by atoms with Gasteiger partial charge in [-0.1, -0.05) is 17.7 Å². The largest absolute Gasteiger partial charge is 0.463 e. The lowest BCUT2D eigenvalue weighted by atomic mass is 10.1. The summed E-state index contributed by atoms with van der Waals surface area (Å²) in [5.41, 5.74) is 0.354. The molecule has 3 rings (SSSR count). The predicted octanol–water partition coefficient (Wildman–Crippen LogP) is 2.65. The van der Waals surface area contributed by atoms with Gasteiger partial charge in [-0.05, 0) is 30.3 Å². The van der Waals surface area contributed by atoms with Crippen molar-refractivity contribution in [3.05, 3.63) is 75.5 Å². The highest BCUT2D eigenvalue weighted by Crippen LogP contribution is 2.19. The fourth-order valence-corrected chi connectivity index (χ4v) is 2.62. The third-order valence-electron chi connectivity index (χ3n) is 3.69. The number of hydrogen-bond acceptors (Lipinski definition) is 4. The Morgan fingerprint density at radius 1 is 1.23 bits per heavy atom. The Morgan fingerprint density at radius 2 is 2.08 bits per heavy atom. The smallest absolute Gasteiger partial charge is 0.266 e. The Labute approximate surface area is 153 Å². The SMILES string of the molecule is O=C(Cc1c(F)cccc1Cl)NCCn1nc(-c2ccco2)ccc1=O. The second-order valence-electron chi connectivity index (χ2n) is 5.48. The third-order valence-corrected chi connectivity index (χ3v) is 4.04. The number of benzene rings is 1. The van der Waals surface area contributed by atoms with Crippen LogP contribution in [0.5, 0.6) is 0 Å². The average molecular weight is 376 g/mol. The van der Waals surface area contributed by atoms with Crippen LogP contribution in [0.15, 0.2) is 57.9 Å². The number of halogens is 2. The van der Waals surface area contributed by atoms with Gasteiger partial charge < -0.3 is 9.73 Å². The first kappa shape index (κ1) is 17.9. The Balaban J connectivity index is 1.60. The maximum atomic E-state index is 13.7. The molecule has 0 bridgehead atoms. The molecule has 2 heterocycles. The van der Waals surface area contributed by atoms with Gasteiger partial charge in [0.05, 0.1) is 19.2 Å². The van der Waals surface area contributed by atoms with Crippen LogP contribution in [-0.4, -0.2) is 22.2 Å². The van der Waals surface area contributed by atoms with Gasteiger partial charge in [-0.2, -0.15) is 5.10 Å². The van der Waals surface area contributed by atoms with Crippen LogP contribution < -0.4 is 10.9 Å².